The highest BCUT2D eigenvalue weighted by molar-refractivity contribution is 8.27. The van der Waals surface area contributed by atoms with Gasteiger partial charge >= 0.3 is 0 Å². The van der Waals surface area contributed by atoms with Gasteiger partial charge in [-0.25, -0.2) is 0 Å². The van der Waals surface area contributed by atoms with Gasteiger partial charge in [0.05, 0.1) is 20.6 Å². The molecule has 0 spiro atoms. The number of thiocarbonyl (C=S) groups is 1. The zero-order valence-electron chi connectivity index (χ0n) is 11.4. The van der Waals surface area contributed by atoms with Crippen molar-refractivity contribution < 1.29 is 4.79 Å². The van der Waals surface area contributed by atoms with Crippen molar-refractivity contribution in [1.29, 1.82) is 0 Å². The first-order valence-corrected chi connectivity index (χ1v) is 8.81. The molecule has 116 valence electrons. The first-order chi connectivity index (χ1) is 11.0. The Balaban J connectivity index is 1.96. The van der Waals surface area contributed by atoms with Crippen LogP contribution in [0.1, 0.15) is 5.56 Å². The van der Waals surface area contributed by atoms with Crippen LogP contribution in [0.2, 0.25) is 15.1 Å². The molecule has 0 radical (unpaired) electrons. The molecule has 0 N–H and O–H groups in total. The molecule has 3 rings (SSSR count). The maximum absolute atomic E-state index is 12.6. The highest BCUT2D eigenvalue weighted by Crippen LogP contribution is 2.37. The highest BCUT2D eigenvalue weighted by atomic mass is 35.5. The van der Waals surface area contributed by atoms with Crippen LogP contribution in [0.25, 0.3) is 6.08 Å². The van der Waals surface area contributed by atoms with Crippen molar-refractivity contribution in [2.45, 2.75) is 0 Å². The Hall–Kier alpha value is -1.04. The number of amides is 1. The normalized spacial score (nSPS) is 16.5. The molecule has 7 heteroatoms. The lowest BCUT2D eigenvalue weighted by Gasteiger charge is -2.14. The van der Waals surface area contributed by atoms with Crippen LogP contribution in [0.15, 0.2) is 47.4 Å². The smallest absolute Gasteiger partial charge is 0.268 e. The Kier molecular flexibility index (Phi) is 4.99. The molecule has 2 aromatic carbocycles. The third-order valence-electron chi connectivity index (χ3n) is 3.15. The van der Waals surface area contributed by atoms with E-state index in [0.29, 0.717) is 35.5 Å². The molecule has 1 aliphatic rings. The highest BCUT2D eigenvalue weighted by Gasteiger charge is 2.33. The summed E-state index contributed by atoms with van der Waals surface area (Å²) in [5, 5.41) is 1.44. The predicted octanol–water partition coefficient (Wildman–Crippen LogP) is 6.05. The SMILES string of the molecule is O=C1C(=Cc2cccc(Cl)c2Cl)SC(=S)N1c1ccc(Cl)cc1. The molecule has 0 unspecified atom stereocenters. The van der Waals surface area contributed by atoms with Crippen LogP contribution in [0, 0.1) is 0 Å². The van der Waals surface area contributed by atoms with Gasteiger partial charge in [-0.15, -0.1) is 0 Å². The quantitative estimate of drug-likeness (QED) is 0.452. The molecule has 1 amide bonds. The molecule has 0 aromatic heterocycles. The minimum absolute atomic E-state index is 0.196. The number of hydrogen-bond donors (Lipinski definition) is 0. The van der Waals surface area contributed by atoms with Crippen molar-refractivity contribution in [3.63, 3.8) is 0 Å². The standard InChI is InChI=1S/C16H8Cl3NOS2/c17-10-4-6-11(7-5-10)20-15(21)13(23-16(20)22)8-9-2-1-3-12(18)14(9)19/h1-8H. The van der Waals surface area contributed by atoms with E-state index in [1.165, 1.54) is 16.7 Å². The molecule has 1 heterocycles. The second kappa shape index (κ2) is 6.83. The third-order valence-corrected chi connectivity index (χ3v) is 5.53. The fourth-order valence-corrected chi connectivity index (χ4v) is 3.83. The molecule has 0 bridgehead atoms. The zero-order valence-corrected chi connectivity index (χ0v) is 15.3. The molecule has 0 aliphatic carbocycles. The zero-order chi connectivity index (χ0) is 16.6. The van der Waals surface area contributed by atoms with E-state index in [2.05, 4.69) is 0 Å². The second-order valence-corrected chi connectivity index (χ2v) is 7.53. The molecular formula is C16H8Cl3NOS2. The maximum Gasteiger partial charge on any atom is 0.270 e. The van der Waals surface area contributed by atoms with E-state index in [0.717, 1.165) is 0 Å². The lowest BCUT2D eigenvalue weighted by atomic mass is 10.2. The monoisotopic (exact) mass is 399 g/mol. The van der Waals surface area contributed by atoms with Gasteiger partial charge in [-0.2, -0.15) is 0 Å². The van der Waals surface area contributed by atoms with E-state index in [4.69, 9.17) is 47.0 Å². The summed E-state index contributed by atoms with van der Waals surface area (Å²) in [4.78, 5) is 14.6. The van der Waals surface area contributed by atoms with Crippen molar-refractivity contribution in [2.24, 2.45) is 0 Å². The molecule has 1 aliphatic heterocycles. The number of nitrogens with zero attached hydrogens (tertiary/aromatic N) is 1. The van der Waals surface area contributed by atoms with Gasteiger partial charge in [-0.1, -0.05) is 70.9 Å². The number of anilines is 1. The van der Waals surface area contributed by atoms with Crippen LogP contribution in [0.4, 0.5) is 5.69 Å². The van der Waals surface area contributed by atoms with Crippen molar-refractivity contribution in [2.75, 3.05) is 4.90 Å². The number of thioether (sulfide) groups is 1. The van der Waals surface area contributed by atoms with Crippen LogP contribution >= 0.6 is 58.8 Å². The first kappa shape index (κ1) is 16.8. The molecule has 0 atom stereocenters. The number of carbonyl (C=O) groups excluding carboxylic acids is 1. The molecular weight excluding hydrogens is 393 g/mol. The molecule has 1 saturated heterocycles. The average molecular weight is 401 g/mol. The van der Waals surface area contributed by atoms with E-state index >= 15 is 0 Å². The molecule has 2 aromatic rings. The minimum Gasteiger partial charge on any atom is -0.268 e. The number of benzene rings is 2. The van der Waals surface area contributed by atoms with E-state index in [-0.39, 0.29) is 5.91 Å². The van der Waals surface area contributed by atoms with Crippen molar-refractivity contribution in [3.05, 3.63) is 68.0 Å². The number of halogens is 3. The van der Waals surface area contributed by atoms with E-state index in [1.807, 2.05) is 0 Å². The summed E-state index contributed by atoms with van der Waals surface area (Å²) in [6.07, 6.45) is 1.70. The fourth-order valence-electron chi connectivity index (χ4n) is 2.05. The predicted molar refractivity (Wildman–Crippen MR) is 104 cm³/mol. The van der Waals surface area contributed by atoms with Gasteiger partial charge in [0.2, 0.25) is 0 Å². The number of rotatable bonds is 2. The Labute approximate surface area is 158 Å². The Bertz CT molecular complexity index is 834. The topological polar surface area (TPSA) is 20.3 Å². The maximum atomic E-state index is 12.6. The summed E-state index contributed by atoms with van der Waals surface area (Å²) in [5.74, 6) is -0.196. The Morgan fingerprint density at radius 1 is 1.04 bits per heavy atom. The third kappa shape index (κ3) is 3.42. The van der Waals surface area contributed by atoms with E-state index in [9.17, 15) is 4.79 Å². The summed E-state index contributed by atoms with van der Waals surface area (Å²) in [6, 6.07) is 12.2. The van der Waals surface area contributed by atoms with Crippen molar-refractivity contribution in [1.82, 2.24) is 0 Å². The van der Waals surface area contributed by atoms with E-state index in [1.54, 1.807) is 48.5 Å². The van der Waals surface area contributed by atoms with Crippen molar-refractivity contribution >= 4 is 80.8 Å². The summed E-state index contributed by atoms with van der Waals surface area (Å²) in [6.45, 7) is 0. The van der Waals surface area contributed by atoms with Gasteiger partial charge < -0.3 is 0 Å². The van der Waals surface area contributed by atoms with Gasteiger partial charge in [-0.05, 0) is 42.0 Å². The van der Waals surface area contributed by atoms with Gasteiger partial charge in [-0.3, -0.25) is 9.69 Å². The van der Waals surface area contributed by atoms with Gasteiger partial charge in [0.15, 0.2) is 4.32 Å². The Morgan fingerprint density at radius 2 is 1.74 bits per heavy atom. The average Bonchev–Trinajstić information content (AvgIpc) is 2.79. The lowest BCUT2D eigenvalue weighted by molar-refractivity contribution is -0.113. The minimum atomic E-state index is -0.196. The van der Waals surface area contributed by atoms with E-state index < -0.39 is 0 Å². The molecule has 2 nitrogen and oxygen atoms in total. The van der Waals surface area contributed by atoms with Crippen LogP contribution in [0.5, 0.6) is 0 Å². The van der Waals surface area contributed by atoms with Gasteiger partial charge in [0.1, 0.15) is 0 Å². The summed E-state index contributed by atoms with van der Waals surface area (Å²) in [7, 11) is 0. The molecule has 1 fully saturated rings. The van der Waals surface area contributed by atoms with Crippen molar-refractivity contribution in [3.8, 4) is 0 Å². The van der Waals surface area contributed by atoms with Crippen LogP contribution in [-0.2, 0) is 4.79 Å². The largest absolute Gasteiger partial charge is 0.270 e. The molecule has 23 heavy (non-hydrogen) atoms. The van der Waals surface area contributed by atoms with Crippen LogP contribution in [-0.4, -0.2) is 10.2 Å². The Morgan fingerprint density at radius 3 is 2.43 bits per heavy atom. The molecule has 0 saturated carbocycles. The number of hydrogen-bond acceptors (Lipinski definition) is 3. The summed E-state index contributed by atoms with van der Waals surface area (Å²) in [5.41, 5.74) is 1.35. The lowest BCUT2D eigenvalue weighted by Crippen LogP contribution is -2.27. The first-order valence-electron chi connectivity index (χ1n) is 6.45. The van der Waals surface area contributed by atoms with Crippen LogP contribution < -0.4 is 4.90 Å². The fraction of sp³-hybridized carbons (Fsp3) is 0. The van der Waals surface area contributed by atoms with Gasteiger partial charge in [0.25, 0.3) is 5.91 Å². The number of carbonyl (C=O) groups is 1. The van der Waals surface area contributed by atoms with Crippen LogP contribution in [0.3, 0.4) is 0 Å². The van der Waals surface area contributed by atoms with Gasteiger partial charge in [0, 0.05) is 5.02 Å². The summed E-state index contributed by atoms with van der Waals surface area (Å²) < 4.78 is 0.460. The second-order valence-electron chi connectivity index (χ2n) is 4.64. The summed E-state index contributed by atoms with van der Waals surface area (Å²) >= 11 is 24.6.